The van der Waals surface area contributed by atoms with E-state index in [4.69, 9.17) is 0 Å². The predicted molar refractivity (Wildman–Crippen MR) is 69.1 cm³/mol. The Morgan fingerprint density at radius 3 is 2.47 bits per heavy atom. The molecule has 15 heavy (non-hydrogen) atoms. The molecule has 1 aliphatic rings. The molecule has 0 aliphatic heterocycles. The van der Waals surface area contributed by atoms with Crippen molar-refractivity contribution in [2.45, 2.75) is 85.0 Å². The number of hydrogen-bond donors (Lipinski definition) is 0. The predicted octanol–water partition coefficient (Wildman–Crippen LogP) is 5.56. The third kappa shape index (κ3) is 4.57. The second-order valence-corrected chi connectivity index (χ2v) is 5.97. The molecule has 1 saturated carbocycles. The van der Waals surface area contributed by atoms with Gasteiger partial charge in [0.05, 0.1) is 0 Å². The Labute approximate surface area is 96.8 Å². The maximum Gasteiger partial charge on any atom is -0.0326 e. The summed E-state index contributed by atoms with van der Waals surface area (Å²) in [4.78, 5) is 0. The van der Waals surface area contributed by atoms with Gasteiger partial charge < -0.3 is 0 Å². The van der Waals surface area contributed by atoms with Crippen molar-refractivity contribution in [3.05, 3.63) is 0 Å². The minimum absolute atomic E-state index is 0.673. The molecule has 0 N–H and O–H groups in total. The van der Waals surface area contributed by atoms with Gasteiger partial charge in [-0.05, 0) is 37.0 Å². The normalized spacial score (nSPS) is 34.2. The molecule has 0 bridgehead atoms. The quantitative estimate of drug-likeness (QED) is 0.572. The summed E-state index contributed by atoms with van der Waals surface area (Å²) in [6.07, 6.45) is 14.6. The lowest BCUT2D eigenvalue weighted by Gasteiger charge is -2.30. The average molecular weight is 210 g/mol. The van der Waals surface area contributed by atoms with Crippen molar-refractivity contribution in [3.8, 4) is 0 Å². The first-order chi connectivity index (χ1) is 7.20. The van der Waals surface area contributed by atoms with E-state index in [0.29, 0.717) is 5.41 Å². The molecule has 0 heterocycles. The molecular weight excluding hydrogens is 180 g/mol. The average Bonchev–Trinajstić information content (AvgIpc) is 2.30. The summed E-state index contributed by atoms with van der Waals surface area (Å²) in [5, 5.41) is 0. The first-order valence-corrected chi connectivity index (χ1v) is 7.20. The molecule has 0 spiro atoms. The summed E-state index contributed by atoms with van der Waals surface area (Å²) in [5.74, 6) is 1.03. The molecule has 2 atom stereocenters. The van der Waals surface area contributed by atoms with Gasteiger partial charge >= 0.3 is 0 Å². The Balaban J connectivity index is 2.50. The van der Waals surface area contributed by atoms with Crippen molar-refractivity contribution >= 4 is 0 Å². The van der Waals surface area contributed by atoms with Gasteiger partial charge in [-0.15, -0.1) is 0 Å². The Morgan fingerprint density at radius 1 is 1.00 bits per heavy atom. The van der Waals surface area contributed by atoms with Gasteiger partial charge in [0.25, 0.3) is 0 Å². The first kappa shape index (κ1) is 13.1. The minimum Gasteiger partial charge on any atom is -0.0654 e. The van der Waals surface area contributed by atoms with E-state index in [2.05, 4.69) is 20.8 Å². The molecule has 1 rings (SSSR count). The van der Waals surface area contributed by atoms with Gasteiger partial charge in [0.15, 0.2) is 0 Å². The summed E-state index contributed by atoms with van der Waals surface area (Å²) < 4.78 is 0. The molecule has 90 valence electrons. The van der Waals surface area contributed by atoms with Crippen LogP contribution in [0.1, 0.15) is 85.0 Å². The van der Waals surface area contributed by atoms with Crippen molar-refractivity contribution < 1.29 is 0 Å². The van der Waals surface area contributed by atoms with Gasteiger partial charge in [-0.25, -0.2) is 0 Å². The third-order valence-electron chi connectivity index (χ3n) is 4.48. The molecule has 2 unspecified atom stereocenters. The third-order valence-corrected chi connectivity index (χ3v) is 4.48. The van der Waals surface area contributed by atoms with Crippen LogP contribution in [0.2, 0.25) is 0 Å². The van der Waals surface area contributed by atoms with Crippen LogP contribution in [-0.4, -0.2) is 0 Å². The fourth-order valence-electron chi connectivity index (χ4n) is 3.25. The number of rotatable bonds is 3. The summed E-state index contributed by atoms with van der Waals surface area (Å²) >= 11 is 0. The maximum atomic E-state index is 2.54. The van der Waals surface area contributed by atoms with E-state index in [1.807, 2.05) is 0 Å². The van der Waals surface area contributed by atoms with Crippen molar-refractivity contribution in [1.29, 1.82) is 0 Å². The Kier molecular flexibility index (Phi) is 5.71. The van der Waals surface area contributed by atoms with Crippen LogP contribution >= 0.6 is 0 Å². The van der Waals surface area contributed by atoms with E-state index >= 15 is 0 Å². The van der Waals surface area contributed by atoms with Gasteiger partial charge in [-0.2, -0.15) is 0 Å². The molecular formula is C15H30. The fraction of sp³-hybridized carbons (Fsp3) is 1.00. The van der Waals surface area contributed by atoms with E-state index in [0.717, 1.165) is 5.92 Å². The molecule has 0 nitrogen and oxygen atoms in total. The van der Waals surface area contributed by atoms with Crippen LogP contribution in [0.5, 0.6) is 0 Å². The van der Waals surface area contributed by atoms with Crippen molar-refractivity contribution in [3.63, 3.8) is 0 Å². The van der Waals surface area contributed by atoms with Crippen molar-refractivity contribution in [1.82, 2.24) is 0 Å². The monoisotopic (exact) mass is 210 g/mol. The number of hydrogen-bond acceptors (Lipinski definition) is 0. The van der Waals surface area contributed by atoms with Gasteiger partial charge in [0.1, 0.15) is 0 Å². The van der Waals surface area contributed by atoms with Gasteiger partial charge in [-0.3, -0.25) is 0 Å². The Bertz CT molecular complexity index is 161. The van der Waals surface area contributed by atoms with Gasteiger partial charge in [0.2, 0.25) is 0 Å². The van der Waals surface area contributed by atoms with Crippen LogP contribution in [0.3, 0.4) is 0 Å². The molecule has 0 radical (unpaired) electrons. The Morgan fingerprint density at radius 2 is 1.80 bits per heavy atom. The molecule has 1 fully saturated rings. The first-order valence-electron chi connectivity index (χ1n) is 7.20. The highest BCUT2D eigenvalue weighted by molar-refractivity contribution is 4.77. The van der Waals surface area contributed by atoms with Crippen LogP contribution in [0.25, 0.3) is 0 Å². The topological polar surface area (TPSA) is 0 Å². The SMILES string of the molecule is CCCC1(C)CCCCCC(CC)CC1. The van der Waals surface area contributed by atoms with E-state index in [1.54, 1.807) is 0 Å². The van der Waals surface area contributed by atoms with E-state index in [1.165, 1.54) is 64.2 Å². The lowest BCUT2D eigenvalue weighted by molar-refractivity contribution is 0.222. The van der Waals surface area contributed by atoms with Crippen LogP contribution in [-0.2, 0) is 0 Å². The summed E-state index contributed by atoms with van der Waals surface area (Å²) in [6.45, 7) is 7.25. The van der Waals surface area contributed by atoms with E-state index < -0.39 is 0 Å². The molecule has 0 aromatic heterocycles. The minimum atomic E-state index is 0.673. The summed E-state index contributed by atoms with van der Waals surface area (Å²) in [6, 6.07) is 0. The fourth-order valence-corrected chi connectivity index (χ4v) is 3.25. The highest BCUT2D eigenvalue weighted by Gasteiger charge is 2.24. The second kappa shape index (κ2) is 6.55. The van der Waals surface area contributed by atoms with E-state index in [-0.39, 0.29) is 0 Å². The van der Waals surface area contributed by atoms with Crippen LogP contribution in [0, 0.1) is 11.3 Å². The lowest BCUT2D eigenvalue weighted by atomic mass is 9.76. The zero-order valence-electron chi connectivity index (χ0n) is 11.1. The lowest BCUT2D eigenvalue weighted by Crippen LogP contribution is -2.17. The molecule has 0 aromatic rings. The second-order valence-electron chi connectivity index (χ2n) is 5.97. The largest absolute Gasteiger partial charge is 0.0654 e. The molecule has 0 amide bonds. The maximum absolute atomic E-state index is 2.54. The molecule has 1 aliphatic carbocycles. The van der Waals surface area contributed by atoms with Crippen molar-refractivity contribution in [2.75, 3.05) is 0 Å². The zero-order chi connectivity index (χ0) is 11.1. The highest BCUT2D eigenvalue weighted by Crippen LogP contribution is 2.38. The van der Waals surface area contributed by atoms with Crippen LogP contribution < -0.4 is 0 Å². The van der Waals surface area contributed by atoms with E-state index in [9.17, 15) is 0 Å². The molecule has 0 heteroatoms. The zero-order valence-corrected chi connectivity index (χ0v) is 11.1. The molecule has 0 saturated heterocycles. The smallest absolute Gasteiger partial charge is 0.0326 e. The Hall–Kier alpha value is 0. The van der Waals surface area contributed by atoms with Crippen LogP contribution in [0.15, 0.2) is 0 Å². The summed E-state index contributed by atoms with van der Waals surface area (Å²) in [5.41, 5.74) is 0.673. The molecule has 0 aromatic carbocycles. The standard InChI is InChI=1S/C15H30/c1-4-11-15(3)12-8-6-7-9-14(5-2)10-13-15/h14H,4-13H2,1-3H3. The van der Waals surface area contributed by atoms with Crippen LogP contribution in [0.4, 0.5) is 0 Å². The summed E-state index contributed by atoms with van der Waals surface area (Å²) in [7, 11) is 0. The van der Waals surface area contributed by atoms with Gasteiger partial charge in [-0.1, -0.05) is 59.3 Å². The highest BCUT2D eigenvalue weighted by atomic mass is 14.3. The van der Waals surface area contributed by atoms with Gasteiger partial charge in [0, 0.05) is 0 Å². The van der Waals surface area contributed by atoms with Crippen molar-refractivity contribution in [2.24, 2.45) is 11.3 Å².